The third kappa shape index (κ3) is 2.93. The molecule has 1 rings (SSSR count). The van der Waals surface area contributed by atoms with Crippen LogP contribution in [0.5, 0.6) is 0 Å². The molecule has 4 nitrogen and oxygen atoms in total. The Hall–Kier alpha value is -0.600. The molecule has 0 bridgehead atoms. The van der Waals surface area contributed by atoms with Crippen molar-refractivity contribution in [1.29, 1.82) is 0 Å². The normalized spacial score (nSPS) is 12.1. The maximum absolute atomic E-state index is 12.5. The van der Waals surface area contributed by atoms with E-state index in [1.807, 2.05) is 0 Å². The molecular formula is C7H7BrF2N2O2S. The molecule has 0 fully saturated rings. The molecule has 2 N–H and O–H groups in total. The van der Waals surface area contributed by atoms with Gasteiger partial charge in [-0.25, -0.2) is 27.3 Å². The van der Waals surface area contributed by atoms with Gasteiger partial charge in [-0.05, 0) is 12.1 Å². The van der Waals surface area contributed by atoms with Crippen molar-refractivity contribution in [2.75, 3.05) is 0 Å². The average molecular weight is 301 g/mol. The molecule has 1 aromatic rings. The van der Waals surface area contributed by atoms with Crippen molar-refractivity contribution in [1.82, 2.24) is 4.98 Å². The molecule has 0 spiro atoms. The van der Waals surface area contributed by atoms with Gasteiger partial charge in [-0.15, -0.1) is 0 Å². The topological polar surface area (TPSA) is 73.1 Å². The lowest BCUT2D eigenvalue weighted by Crippen LogP contribution is -2.16. The van der Waals surface area contributed by atoms with Crippen molar-refractivity contribution >= 4 is 26.0 Å². The SMILES string of the molecule is NS(=O)(=O)c1ccc(CBr)nc1C(F)F. The van der Waals surface area contributed by atoms with E-state index in [0.29, 0.717) is 5.69 Å². The van der Waals surface area contributed by atoms with Gasteiger partial charge in [-0.1, -0.05) is 15.9 Å². The summed E-state index contributed by atoms with van der Waals surface area (Å²) in [6.45, 7) is 0. The molecule has 0 aromatic carbocycles. The van der Waals surface area contributed by atoms with Crippen LogP contribution < -0.4 is 5.14 Å². The Labute approximate surface area is 93.7 Å². The van der Waals surface area contributed by atoms with E-state index in [2.05, 4.69) is 20.9 Å². The Morgan fingerprint density at radius 3 is 2.47 bits per heavy atom. The summed E-state index contributed by atoms with van der Waals surface area (Å²) >= 11 is 3.03. The van der Waals surface area contributed by atoms with Gasteiger partial charge >= 0.3 is 0 Å². The van der Waals surface area contributed by atoms with Gasteiger partial charge in [0.05, 0.1) is 5.69 Å². The predicted octanol–water partition coefficient (Wildman–Crippen LogP) is 1.56. The first-order chi connectivity index (χ1) is 6.86. The number of alkyl halides is 3. The van der Waals surface area contributed by atoms with E-state index in [4.69, 9.17) is 5.14 Å². The summed E-state index contributed by atoms with van der Waals surface area (Å²) in [6, 6.07) is 2.35. The van der Waals surface area contributed by atoms with Crippen LogP contribution in [0.25, 0.3) is 0 Å². The van der Waals surface area contributed by atoms with Crippen LogP contribution in [0, 0.1) is 0 Å². The van der Waals surface area contributed by atoms with E-state index in [-0.39, 0.29) is 5.33 Å². The minimum absolute atomic E-state index is 0.262. The summed E-state index contributed by atoms with van der Waals surface area (Å²) in [4.78, 5) is 2.86. The number of sulfonamides is 1. The number of aromatic nitrogens is 1. The first kappa shape index (κ1) is 12.5. The minimum atomic E-state index is -4.16. The lowest BCUT2D eigenvalue weighted by atomic mass is 10.3. The van der Waals surface area contributed by atoms with Gasteiger partial charge in [-0.2, -0.15) is 0 Å². The summed E-state index contributed by atoms with van der Waals surface area (Å²) in [6.07, 6.45) is -2.97. The predicted molar refractivity (Wildman–Crippen MR) is 53.2 cm³/mol. The Morgan fingerprint density at radius 1 is 1.47 bits per heavy atom. The number of hydrogen-bond acceptors (Lipinski definition) is 3. The van der Waals surface area contributed by atoms with Crippen LogP contribution in [0.4, 0.5) is 8.78 Å². The van der Waals surface area contributed by atoms with E-state index in [9.17, 15) is 17.2 Å². The molecule has 0 atom stereocenters. The van der Waals surface area contributed by atoms with Gasteiger partial charge in [0.1, 0.15) is 10.6 Å². The number of nitrogens with zero attached hydrogens (tertiary/aromatic N) is 1. The van der Waals surface area contributed by atoms with Crippen LogP contribution in [0.3, 0.4) is 0 Å². The van der Waals surface area contributed by atoms with Crippen LogP contribution in [-0.2, 0) is 15.4 Å². The van der Waals surface area contributed by atoms with Gasteiger partial charge in [0, 0.05) is 5.33 Å². The molecule has 84 valence electrons. The van der Waals surface area contributed by atoms with E-state index in [0.717, 1.165) is 6.07 Å². The van der Waals surface area contributed by atoms with Gasteiger partial charge in [-0.3, -0.25) is 0 Å². The fourth-order valence-electron chi connectivity index (χ4n) is 0.976. The van der Waals surface area contributed by atoms with E-state index >= 15 is 0 Å². The molecule has 1 heterocycles. The minimum Gasteiger partial charge on any atom is -0.250 e. The molecule has 0 saturated heterocycles. The van der Waals surface area contributed by atoms with Crippen molar-refractivity contribution in [2.45, 2.75) is 16.7 Å². The Balaban J connectivity index is 3.41. The second kappa shape index (κ2) is 4.50. The van der Waals surface area contributed by atoms with Gasteiger partial charge in [0.2, 0.25) is 10.0 Å². The standard InChI is InChI=1S/C7H7BrF2N2O2S/c8-3-4-1-2-5(15(11,13)14)6(12-4)7(9)10/h1-2,7H,3H2,(H2,11,13,14). The summed E-state index contributed by atoms with van der Waals surface area (Å²) in [5.41, 5.74) is -0.493. The van der Waals surface area contributed by atoms with Gasteiger partial charge < -0.3 is 0 Å². The monoisotopic (exact) mass is 300 g/mol. The first-order valence-electron chi connectivity index (χ1n) is 3.73. The highest BCUT2D eigenvalue weighted by Gasteiger charge is 2.22. The molecule has 1 aromatic heterocycles. The zero-order valence-electron chi connectivity index (χ0n) is 7.32. The van der Waals surface area contributed by atoms with Crippen molar-refractivity contribution < 1.29 is 17.2 Å². The van der Waals surface area contributed by atoms with Crippen molar-refractivity contribution in [2.24, 2.45) is 5.14 Å². The van der Waals surface area contributed by atoms with E-state index < -0.39 is 27.0 Å². The lowest BCUT2D eigenvalue weighted by Gasteiger charge is -2.07. The highest BCUT2D eigenvalue weighted by Crippen LogP contribution is 2.24. The van der Waals surface area contributed by atoms with Crippen molar-refractivity contribution in [3.8, 4) is 0 Å². The third-order valence-corrected chi connectivity index (χ3v) is 3.13. The third-order valence-electron chi connectivity index (χ3n) is 1.59. The number of pyridine rings is 1. The Morgan fingerprint density at radius 2 is 2.07 bits per heavy atom. The summed E-state index contributed by atoms with van der Waals surface area (Å²) < 4.78 is 46.9. The molecule has 8 heteroatoms. The molecular weight excluding hydrogens is 294 g/mol. The number of hydrogen-bond donors (Lipinski definition) is 1. The van der Waals surface area contributed by atoms with Crippen LogP contribution >= 0.6 is 15.9 Å². The van der Waals surface area contributed by atoms with Crippen molar-refractivity contribution in [3.05, 3.63) is 23.5 Å². The largest absolute Gasteiger partial charge is 0.281 e. The zero-order chi connectivity index (χ0) is 11.6. The summed E-state index contributed by atoms with van der Waals surface area (Å²) in [7, 11) is -4.16. The molecule has 0 aliphatic carbocycles. The van der Waals surface area contributed by atoms with Crippen molar-refractivity contribution in [3.63, 3.8) is 0 Å². The second-order valence-corrected chi connectivity index (χ2v) is 4.76. The van der Waals surface area contributed by atoms with Crippen LogP contribution in [0.1, 0.15) is 17.8 Å². The summed E-state index contributed by atoms with van der Waals surface area (Å²) in [5.74, 6) is 0. The molecule has 0 amide bonds. The fourth-order valence-corrected chi connectivity index (χ4v) is 1.97. The maximum atomic E-state index is 12.5. The highest BCUT2D eigenvalue weighted by molar-refractivity contribution is 9.08. The lowest BCUT2D eigenvalue weighted by molar-refractivity contribution is 0.142. The van der Waals surface area contributed by atoms with Crippen LogP contribution in [0.15, 0.2) is 17.0 Å². The number of nitrogens with two attached hydrogens (primary N) is 1. The fraction of sp³-hybridized carbons (Fsp3) is 0.286. The van der Waals surface area contributed by atoms with Gasteiger partial charge in [0.15, 0.2) is 0 Å². The first-order valence-corrected chi connectivity index (χ1v) is 6.39. The maximum Gasteiger partial charge on any atom is 0.281 e. The second-order valence-electron chi connectivity index (χ2n) is 2.67. The quantitative estimate of drug-likeness (QED) is 0.861. The van der Waals surface area contributed by atoms with E-state index in [1.54, 1.807) is 0 Å². The summed E-state index contributed by atoms with van der Waals surface area (Å²) in [5, 5.41) is 5.04. The van der Waals surface area contributed by atoms with Crippen LogP contribution in [0.2, 0.25) is 0 Å². The zero-order valence-corrected chi connectivity index (χ0v) is 9.72. The highest BCUT2D eigenvalue weighted by atomic mass is 79.9. The average Bonchev–Trinajstić information content (AvgIpc) is 2.15. The van der Waals surface area contributed by atoms with Crippen LogP contribution in [-0.4, -0.2) is 13.4 Å². The molecule has 0 aliphatic rings. The van der Waals surface area contributed by atoms with Gasteiger partial charge in [0.25, 0.3) is 6.43 Å². The molecule has 0 aliphatic heterocycles. The molecule has 15 heavy (non-hydrogen) atoms. The molecule has 0 radical (unpaired) electrons. The number of primary sulfonamides is 1. The Kier molecular flexibility index (Phi) is 3.74. The number of rotatable bonds is 3. The molecule has 0 saturated carbocycles. The van der Waals surface area contributed by atoms with E-state index in [1.165, 1.54) is 6.07 Å². The number of halogens is 3. The smallest absolute Gasteiger partial charge is 0.250 e. The molecule has 0 unspecified atom stereocenters. The Bertz CT molecular complexity index is 464.